The van der Waals surface area contributed by atoms with Crippen LogP contribution in [0.5, 0.6) is 0 Å². The van der Waals surface area contributed by atoms with Crippen LogP contribution in [-0.4, -0.2) is 25.0 Å². The first-order valence-electron chi connectivity index (χ1n) is 7.94. The van der Waals surface area contributed by atoms with Gasteiger partial charge in [0.15, 0.2) is 0 Å². The number of rotatable bonds is 5. The minimum Gasteiger partial charge on any atom is -0.351 e. The Morgan fingerprint density at radius 2 is 1.90 bits per heavy atom. The number of carbonyl (C=O) groups is 1. The summed E-state index contributed by atoms with van der Waals surface area (Å²) in [6.45, 7) is 3.55. The third kappa shape index (κ3) is 5.44. The van der Waals surface area contributed by atoms with Gasteiger partial charge in [-0.2, -0.15) is 0 Å². The van der Waals surface area contributed by atoms with E-state index in [-0.39, 0.29) is 5.91 Å². The zero-order valence-corrected chi connectivity index (χ0v) is 14.3. The number of halogens is 1. The SMILES string of the molecule is Cc1ccc(C(=O)NCCNC2CCCCCC2)cc1Br. The van der Waals surface area contributed by atoms with Crippen molar-refractivity contribution in [3.8, 4) is 0 Å². The number of aryl methyl sites for hydroxylation is 1. The molecule has 116 valence electrons. The van der Waals surface area contributed by atoms with Crippen LogP contribution in [0.25, 0.3) is 0 Å². The zero-order valence-electron chi connectivity index (χ0n) is 12.8. The van der Waals surface area contributed by atoms with E-state index < -0.39 is 0 Å². The first-order valence-corrected chi connectivity index (χ1v) is 8.74. The molecule has 1 saturated carbocycles. The summed E-state index contributed by atoms with van der Waals surface area (Å²) >= 11 is 3.46. The lowest BCUT2D eigenvalue weighted by Gasteiger charge is -2.16. The Labute approximate surface area is 136 Å². The van der Waals surface area contributed by atoms with Gasteiger partial charge in [-0.1, -0.05) is 47.7 Å². The Kier molecular flexibility index (Phi) is 6.71. The molecule has 2 rings (SSSR count). The second kappa shape index (κ2) is 8.54. The van der Waals surface area contributed by atoms with Gasteiger partial charge in [-0.05, 0) is 37.5 Å². The summed E-state index contributed by atoms with van der Waals surface area (Å²) in [6, 6.07) is 6.35. The Morgan fingerprint density at radius 3 is 2.57 bits per heavy atom. The summed E-state index contributed by atoms with van der Waals surface area (Å²) in [5.74, 6) is -0.00151. The molecule has 0 unspecified atom stereocenters. The lowest BCUT2D eigenvalue weighted by atomic mass is 10.1. The minimum absolute atomic E-state index is 0.00151. The molecule has 0 aromatic heterocycles. The Morgan fingerprint density at radius 1 is 1.19 bits per heavy atom. The molecule has 3 nitrogen and oxygen atoms in total. The van der Waals surface area contributed by atoms with Gasteiger partial charge in [0, 0.05) is 29.2 Å². The molecule has 21 heavy (non-hydrogen) atoms. The Bertz CT molecular complexity index is 468. The van der Waals surface area contributed by atoms with Crippen LogP contribution >= 0.6 is 15.9 Å². The standard InChI is InChI=1S/C17H25BrN2O/c1-13-8-9-14(12-16(13)18)17(21)20-11-10-19-15-6-4-2-3-5-7-15/h8-9,12,15,19H,2-7,10-11H2,1H3,(H,20,21). The van der Waals surface area contributed by atoms with Crippen molar-refractivity contribution in [1.29, 1.82) is 0 Å². The fourth-order valence-corrected chi connectivity index (χ4v) is 3.15. The van der Waals surface area contributed by atoms with Crippen LogP contribution < -0.4 is 10.6 Å². The molecule has 4 heteroatoms. The van der Waals surface area contributed by atoms with E-state index in [9.17, 15) is 4.79 Å². The van der Waals surface area contributed by atoms with Gasteiger partial charge in [0.2, 0.25) is 0 Å². The lowest BCUT2D eigenvalue weighted by Crippen LogP contribution is -2.36. The van der Waals surface area contributed by atoms with E-state index in [2.05, 4.69) is 26.6 Å². The number of hydrogen-bond acceptors (Lipinski definition) is 2. The van der Waals surface area contributed by atoms with Crippen molar-refractivity contribution >= 4 is 21.8 Å². The van der Waals surface area contributed by atoms with Crippen LogP contribution in [0.4, 0.5) is 0 Å². The number of carbonyl (C=O) groups excluding carboxylic acids is 1. The number of amides is 1. The number of hydrogen-bond donors (Lipinski definition) is 2. The summed E-state index contributed by atoms with van der Waals surface area (Å²) in [4.78, 5) is 12.1. The molecule has 0 atom stereocenters. The van der Waals surface area contributed by atoms with Gasteiger partial charge in [-0.3, -0.25) is 4.79 Å². The maximum Gasteiger partial charge on any atom is 0.251 e. The van der Waals surface area contributed by atoms with E-state index in [1.54, 1.807) is 0 Å². The van der Waals surface area contributed by atoms with Crippen molar-refractivity contribution in [2.24, 2.45) is 0 Å². The number of nitrogens with one attached hydrogen (secondary N) is 2. The van der Waals surface area contributed by atoms with E-state index in [0.29, 0.717) is 18.2 Å². The summed E-state index contributed by atoms with van der Waals surface area (Å²) in [5, 5.41) is 6.54. The summed E-state index contributed by atoms with van der Waals surface area (Å²) < 4.78 is 0.978. The highest BCUT2D eigenvalue weighted by molar-refractivity contribution is 9.10. The van der Waals surface area contributed by atoms with Gasteiger partial charge in [-0.25, -0.2) is 0 Å². The predicted molar refractivity (Wildman–Crippen MR) is 90.7 cm³/mol. The van der Waals surface area contributed by atoms with Crippen LogP contribution in [0.1, 0.15) is 54.4 Å². The third-order valence-corrected chi connectivity index (χ3v) is 4.99. The first kappa shape index (κ1) is 16.5. The zero-order chi connectivity index (χ0) is 15.1. The van der Waals surface area contributed by atoms with Crippen molar-refractivity contribution in [3.63, 3.8) is 0 Å². The van der Waals surface area contributed by atoms with Gasteiger partial charge >= 0.3 is 0 Å². The van der Waals surface area contributed by atoms with E-state index in [1.807, 2.05) is 25.1 Å². The maximum atomic E-state index is 12.1. The maximum absolute atomic E-state index is 12.1. The van der Waals surface area contributed by atoms with Gasteiger partial charge in [0.05, 0.1) is 0 Å². The molecule has 1 aromatic carbocycles. The molecule has 1 aromatic rings. The molecule has 1 amide bonds. The molecular weight excluding hydrogens is 328 g/mol. The topological polar surface area (TPSA) is 41.1 Å². The minimum atomic E-state index is -0.00151. The largest absolute Gasteiger partial charge is 0.351 e. The second-order valence-electron chi connectivity index (χ2n) is 5.86. The average Bonchev–Trinajstić information content (AvgIpc) is 2.75. The molecule has 0 bridgehead atoms. The van der Waals surface area contributed by atoms with Gasteiger partial charge in [-0.15, -0.1) is 0 Å². The number of benzene rings is 1. The molecule has 0 saturated heterocycles. The van der Waals surface area contributed by atoms with Gasteiger partial charge in [0.1, 0.15) is 0 Å². The van der Waals surface area contributed by atoms with E-state index in [1.165, 1.54) is 38.5 Å². The Balaban J connectivity index is 1.70. The van der Waals surface area contributed by atoms with Gasteiger partial charge in [0.25, 0.3) is 5.91 Å². The second-order valence-corrected chi connectivity index (χ2v) is 6.72. The molecule has 0 spiro atoms. The third-order valence-electron chi connectivity index (χ3n) is 4.13. The van der Waals surface area contributed by atoms with Crippen LogP contribution in [0.15, 0.2) is 22.7 Å². The van der Waals surface area contributed by atoms with E-state index >= 15 is 0 Å². The lowest BCUT2D eigenvalue weighted by molar-refractivity contribution is 0.0953. The Hall–Kier alpha value is -0.870. The normalized spacial score (nSPS) is 16.5. The van der Waals surface area contributed by atoms with Crippen molar-refractivity contribution in [3.05, 3.63) is 33.8 Å². The highest BCUT2D eigenvalue weighted by Crippen LogP contribution is 2.18. The van der Waals surface area contributed by atoms with Gasteiger partial charge < -0.3 is 10.6 Å². The smallest absolute Gasteiger partial charge is 0.251 e. The van der Waals surface area contributed by atoms with Crippen molar-refractivity contribution in [2.45, 2.75) is 51.5 Å². The van der Waals surface area contributed by atoms with E-state index in [0.717, 1.165) is 16.6 Å². The van der Waals surface area contributed by atoms with Crippen molar-refractivity contribution in [2.75, 3.05) is 13.1 Å². The first-order chi connectivity index (χ1) is 10.2. The fourth-order valence-electron chi connectivity index (χ4n) is 2.77. The highest BCUT2D eigenvalue weighted by Gasteiger charge is 2.11. The molecule has 2 N–H and O–H groups in total. The summed E-state index contributed by atoms with van der Waals surface area (Å²) in [7, 11) is 0. The quantitative estimate of drug-likeness (QED) is 0.625. The van der Waals surface area contributed by atoms with Crippen LogP contribution in [0, 0.1) is 6.92 Å². The fraction of sp³-hybridized carbons (Fsp3) is 0.588. The van der Waals surface area contributed by atoms with Crippen molar-refractivity contribution in [1.82, 2.24) is 10.6 Å². The van der Waals surface area contributed by atoms with Crippen LogP contribution in [0.2, 0.25) is 0 Å². The monoisotopic (exact) mass is 352 g/mol. The molecule has 0 aliphatic heterocycles. The van der Waals surface area contributed by atoms with Crippen LogP contribution in [-0.2, 0) is 0 Å². The molecule has 1 aliphatic carbocycles. The predicted octanol–water partition coefficient (Wildman–Crippen LogP) is 3.80. The molecule has 0 heterocycles. The average molecular weight is 353 g/mol. The van der Waals surface area contributed by atoms with Crippen molar-refractivity contribution < 1.29 is 4.79 Å². The van der Waals surface area contributed by atoms with E-state index in [4.69, 9.17) is 0 Å². The summed E-state index contributed by atoms with van der Waals surface area (Å²) in [5.41, 5.74) is 1.85. The molecular formula is C17H25BrN2O. The molecule has 0 radical (unpaired) electrons. The summed E-state index contributed by atoms with van der Waals surface area (Å²) in [6.07, 6.45) is 7.97. The molecule has 1 fully saturated rings. The van der Waals surface area contributed by atoms with Crippen LogP contribution in [0.3, 0.4) is 0 Å². The highest BCUT2D eigenvalue weighted by atomic mass is 79.9. The molecule has 1 aliphatic rings.